The highest BCUT2D eigenvalue weighted by molar-refractivity contribution is 8.00. The molecule has 0 radical (unpaired) electrons. The summed E-state index contributed by atoms with van der Waals surface area (Å²) in [5.41, 5.74) is 0. The Hall–Kier alpha value is -1.39. The van der Waals surface area contributed by atoms with Crippen LogP contribution < -0.4 is 0 Å². The summed E-state index contributed by atoms with van der Waals surface area (Å²) in [6.45, 7) is -4.52. The van der Waals surface area contributed by atoms with Crippen molar-refractivity contribution in [2.45, 2.75) is 151 Å². The molecular weight excluding hydrogens is 848 g/mol. The molecule has 6 rings (SSSR count). The molecule has 5 aliphatic rings. The molecule has 24 nitrogen and oxygen atoms in total. The number of aliphatic hydroxyl groups excluding tert-OH is 15. The van der Waals surface area contributed by atoms with Crippen LogP contribution in [0.4, 0.5) is 0 Å². The van der Waals surface area contributed by atoms with Crippen molar-refractivity contribution in [1.82, 2.24) is 0 Å². The normalized spacial score (nSPS) is 45.0. The zero-order chi connectivity index (χ0) is 44.3. The third-order valence-corrected chi connectivity index (χ3v) is 12.6. The minimum absolute atomic E-state index is 0.140. The van der Waals surface area contributed by atoms with Crippen LogP contribution >= 0.6 is 11.8 Å². The molecule has 1 unspecified atom stereocenters. The van der Waals surface area contributed by atoms with Crippen molar-refractivity contribution >= 4 is 11.8 Å². The summed E-state index contributed by atoms with van der Waals surface area (Å²) in [4.78, 5) is 0.594. The second-order valence-electron chi connectivity index (χ2n) is 15.2. The van der Waals surface area contributed by atoms with Crippen LogP contribution in [0, 0.1) is 0 Å². The highest BCUT2D eigenvalue weighted by Gasteiger charge is 2.58. The summed E-state index contributed by atoms with van der Waals surface area (Å²) >= 11 is 1.06. The van der Waals surface area contributed by atoms with Crippen molar-refractivity contribution in [2.75, 3.05) is 39.6 Å². The molecule has 15 N–H and O–H groups in total. The molecule has 1 aromatic rings. The number of thioether (sulfide) groups is 1. The summed E-state index contributed by atoms with van der Waals surface area (Å²) in [6, 6.07) is 8.60. The number of fused-ring (bicyclic) bond motifs is 2. The van der Waals surface area contributed by atoms with Gasteiger partial charge in [-0.25, -0.2) is 0 Å². The average Bonchev–Trinajstić information content (AvgIpc) is 3.58. The van der Waals surface area contributed by atoms with Crippen LogP contribution in [0.1, 0.15) is 0 Å². The van der Waals surface area contributed by atoms with E-state index in [9.17, 15) is 76.6 Å². The summed E-state index contributed by atoms with van der Waals surface area (Å²) in [7, 11) is 0. The number of aliphatic hydroxyl groups is 15. The minimum Gasteiger partial charge on any atom is -0.394 e. The Labute approximate surface area is 351 Å². The van der Waals surface area contributed by atoms with Crippen LogP contribution in [0.25, 0.3) is 0 Å². The Morgan fingerprint density at radius 2 is 1.10 bits per heavy atom. The number of rotatable bonds is 18. The average molecular weight is 905 g/mol. The lowest BCUT2D eigenvalue weighted by molar-refractivity contribution is -0.370. The van der Waals surface area contributed by atoms with Gasteiger partial charge in [0.15, 0.2) is 25.2 Å². The first-order valence-corrected chi connectivity index (χ1v) is 20.5. The molecule has 25 heteroatoms. The lowest BCUT2D eigenvalue weighted by Gasteiger charge is -2.49. The van der Waals surface area contributed by atoms with Gasteiger partial charge >= 0.3 is 0 Å². The van der Waals surface area contributed by atoms with E-state index in [1.807, 2.05) is 0 Å². The third kappa shape index (κ3) is 10.5. The second kappa shape index (κ2) is 21.7. The van der Waals surface area contributed by atoms with E-state index in [-0.39, 0.29) is 6.61 Å². The van der Waals surface area contributed by atoms with Gasteiger partial charge in [-0.3, -0.25) is 0 Å². The Morgan fingerprint density at radius 1 is 0.557 bits per heavy atom. The van der Waals surface area contributed by atoms with Gasteiger partial charge in [0.1, 0.15) is 116 Å². The van der Waals surface area contributed by atoms with E-state index in [1.165, 1.54) is 0 Å². The summed E-state index contributed by atoms with van der Waals surface area (Å²) in [6.07, 6.45) is -37.4. The molecule has 1 aromatic carbocycles. The molecule has 0 aromatic heterocycles. The molecule has 0 spiro atoms. The summed E-state index contributed by atoms with van der Waals surface area (Å²) in [5.74, 6) is 0. The highest BCUT2D eigenvalue weighted by atomic mass is 32.2. The lowest BCUT2D eigenvalue weighted by Crippen LogP contribution is -2.66. The maximum Gasteiger partial charge on any atom is 0.187 e. The van der Waals surface area contributed by atoms with Crippen LogP contribution in [0.3, 0.4) is 0 Å². The Balaban J connectivity index is 1.18. The molecule has 2 bridgehead atoms. The van der Waals surface area contributed by atoms with Crippen molar-refractivity contribution in [3.05, 3.63) is 30.3 Å². The highest BCUT2D eigenvalue weighted by Crippen LogP contribution is 2.41. The standard InChI is InChI=1S/C36H56O24S/c37-6-13(42)19(44)27(14(43)7-38)57-34-24(49)22(47)28(16(9-40)54-34)58-36-26(51)32(61-12-4-2-1-3-5-12)30(17(10-41)55-36)60-35-25(50)31-29(18(56-35)11-52-31)59-33-23(48)21(46)20(45)15(8-39)53-33/h1-5,13-51H,6-11H2/t13-,14+,15+,16+,17+,18+,19+,20?,21-,22+,23+,24+,25+,26-,27+,28+,29+,30+,31+,32-,33+,34+,35+,36+/m0/s1. The molecule has 61 heavy (non-hydrogen) atoms. The zero-order valence-corrected chi connectivity index (χ0v) is 33.1. The maximum absolute atomic E-state index is 11.9. The Bertz CT molecular complexity index is 1470. The van der Waals surface area contributed by atoms with Crippen LogP contribution in [-0.4, -0.2) is 263 Å². The van der Waals surface area contributed by atoms with Gasteiger partial charge in [-0.05, 0) is 12.1 Å². The minimum atomic E-state index is -2.06. The van der Waals surface area contributed by atoms with Crippen molar-refractivity contribution < 1.29 is 119 Å². The van der Waals surface area contributed by atoms with Crippen molar-refractivity contribution in [1.29, 1.82) is 0 Å². The zero-order valence-electron chi connectivity index (χ0n) is 32.3. The van der Waals surface area contributed by atoms with Gasteiger partial charge in [0.2, 0.25) is 0 Å². The predicted molar refractivity (Wildman–Crippen MR) is 195 cm³/mol. The fraction of sp³-hybridized carbons (Fsp3) is 0.833. The van der Waals surface area contributed by atoms with E-state index >= 15 is 0 Å². The van der Waals surface area contributed by atoms with E-state index in [0.717, 1.165) is 11.8 Å². The lowest BCUT2D eigenvalue weighted by atomic mass is 9.97. The molecule has 0 amide bonds. The molecule has 5 fully saturated rings. The number of hydrogen-bond acceptors (Lipinski definition) is 25. The summed E-state index contributed by atoms with van der Waals surface area (Å²) < 4.78 is 52.4. The van der Waals surface area contributed by atoms with Crippen LogP contribution in [0.15, 0.2) is 35.2 Å². The van der Waals surface area contributed by atoms with E-state index < -0.39 is 179 Å². The van der Waals surface area contributed by atoms with Gasteiger partial charge in [0.25, 0.3) is 0 Å². The number of hydrogen-bond donors (Lipinski definition) is 15. The van der Waals surface area contributed by atoms with Gasteiger partial charge in [-0.15, -0.1) is 11.8 Å². The van der Waals surface area contributed by atoms with Crippen LogP contribution in [0.2, 0.25) is 0 Å². The molecule has 5 heterocycles. The van der Waals surface area contributed by atoms with E-state index in [4.69, 9.17) is 42.6 Å². The van der Waals surface area contributed by atoms with Gasteiger partial charge in [-0.2, -0.15) is 0 Å². The van der Waals surface area contributed by atoms with Gasteiger partial charge in [-0.1, -0.05) is 18.2 Å². The molecule has 5 saturated heterocycles. The first kappa shape index (κ1) is 49.1. The Kier molecular flexibility index (Phi) is 17.5. The molecule has 350 valence electrons. The fourth-order valence-electron chi connectivity index (χ4n) is 7.77. The fourth-order valence-corrected chi connectivity index (χ4v) is 9.04. The van der Waals surface area contributed by atoms with Crippen molar-refractivity contribution in [3.63, 3.8) is 0 Å². The van der Waals surface area contributed by atoms with E-state index in [2.05, 4.69) is 0 Å². The molecule has 0 saturated carbocycles. The van der Waals surface area contributed by atoms with E-state index in [1.54, 1.807) is 30.3 Å². The smallest absolute Gasteiger partial charge is 0.187 e. The third-order valence-electron chi connectivity index (χ3n) is 11.2. The largest absolute Gasteiger partial charge is 0.394 e. The molecular formula is C36H56O24S. The van der Waals surface area contributed by atoms with E-state index in [0.29, 0.717) is 4.90 Å². The Morgan fingerprint density at radius 3 is 1.74 bits per heavy atom. The van der Waals surface area contributed by atoms with Crippen molar-refractivity contribution in [2.24, 2.45) is 0 Å². The van der Waals surface area contributed by atoms with Gasteiger partial charge in [0, 0.05) is 4.90 Å². The maximum atomic E-state index is 11.9. The van der Waals surface area contributed by atoms with Crippen molar-refractivity contribution in [3.8, 4) is 0 Å². The first-order chi connectivity index (χ1) is 29.2. The quantitative estimate of drug-likeness (QED) is 0.0650. The first-order valence-electron chi connectivity index (χ1n) is 19.6. The molecule has 24 atom stereocenters. The number of benzene rings is 1. The van der Waals surface area contributed by atoms with Crippen LogP contribution in [-0.2, 0) is 42.6 Å². The SMILES string of the molecule is OC[C@@H](O)[C@@H](O[C@H]1O[C@H](CO)[C@@H](O[C@H]2O[C@H](CO)[C@@H](O[C@H]3O[C@@H]4CO[C@H]([C@H]3O)[C@@H]4O[C@H]3O[C@H](CO)C(O)[C@H](O)[C@H]3O)[C@@H](Sc3ccccc3)[C@@H]2O)[C@H](O)[C@H]1O)[C@H](O)[C@@H](O)CO. The molecule has 0 aliphatic carbocycles. The topological polar surface area (TPSA) is 387 Å². The number of ether oxygens (including phenoxy) is 9. The molecule has 5 aliphatic heterocycles. The van der Waals surface area contributed by atoms with Crippen LogP contribution in [0.5, 0.6) is 0 Å². The van der Waals surface area contributed by atoms with Gasteiger partial charge < -0.3 is 119 Å². The van der Waals surface area contributed by atoms with Gasteiger partial charge in [0.05, 0.1) is 44.9 Å². The second-order valence-corrected chi connectivity index (χ2v) is 16.5. The predicted octanol–water partition coefficient (Wildman–Crippen LogP) is -8.44. The monoisotopic (exact) mass is 904 g/mol. The summed E-state index contributed by atoms with van der Waals surface area (Å²) in [5, 5.41) is 155.